The predicted octanol–water partition coefficient (Wildman–Crippen LogP) is 6.80. The Kier molecular flexibility index (Phi) is 3.92. The fraction of sp³-hybridized carbons (Fsp3) is 0. The number of hydrogen-bond donors (Lipinski definition) is 0. The molecule has 0 atom stereocenters. The lowest BCUT2D eigenvalue weighted by molar-refractivity contribution is 0.463. The molecule has 0 amide bonds. The van der Waals surface area contributed by atoms with Crippen molar-refractivity contribution in [1.82, 2.24) is 9.97 Å². The zero-order valence-corrected chi connectivity index (χ0v) is 15.5. The summed E-state index contributed by atoms with van der Waals surface area (Å²) in [5.74, 6) is -5.92. The molecule has 138 valence electrons. The lowest BCUT2D eigenvalue weighted by Crippen LogP contribution is -2.03. The van der Waals surface area contributed by atoms with Gasteiger partial charge in [0.1, 0.15) is 10.0 Å². The molecule has 2 aromatic heterocycles. The minimum absolute atomic E-state index is 0.121. The normalized spacial score (nSPS) is 11.6. The Hall–Kier alpha value is -2.84. The minimum Gasteiger partial charge on any atom is -0.236 e. The molecule has 0 bridgehead atoms. The molecule has 5 aromatic rings. The molecule has 0 N–H and O–H groups in total. The van der Waals surface area contributed by atoms with E-state index in [1.807, 2.05) is 0 Å². The number of benzene rings is 3. The summed E-state index contributed by atoms with van der Waals surface area (Å²) in [6.07, 6.45) is 0. The summed E-state index contributed by atoms with van der Waals surface area (Å²) >= 11 is 1.93. The van der Waals surface area contributed by atoms with Gasteiger partial charge in [0, 0.05) is 0 Å². The third-order valence-corrected chi connectivity index (χ3v) is 6.39. The van der Waals surface area contributed by atoms with Crippen molar-refractivity contribution >= 4 is 43.1 Å². The van der Waals surface area contributed by atoms with Crippen molar-refractivity contribution in [3.63, 3.8) is 0 Å². The predicted molar refractivity (Wildman–Crippen MR) is 104 cm³/mol. The fourth-order valence-electron chi connectivity index (χ4n) is 2.97. The van der Waals surface area contributed by atoms with Crippen LogP contribution in [0, 0.1) is 23.3 Å². The van der Waals surface area contributed by atoms with Gasteiger partial charge in [-0.3, -0.25) is 0 Å². The number of fused-ring (bicyclic) bond motifs is 2. The third kappa shape index (κ3) is 2.52. The molecular formula is C20H8F4N2S2. The number of para-hydroxylation sites is 2. The van der Waals surface area contributed by atoms with Gasteiger partial charge in [-0.2, -0.15) is 0 Å². The van der Waals surface area contributed by atoms with Crippen LogP contribution in [0.1, 0.15) is 0 Å². The van der Waals surface area contributed by atoms with Crippen molar-refractivity contribution in [2.45, 2.75) is 0 Å². The molecular weight excluding hydrogens is 408 g/mol. The van der Waals surface area contributed by atoms with E-state index in [-0.39, 0.29) is 10.0 Å². The highest BCUT2D eigenvalue weighted by atomic mass is 32.1. The maximum absolute atomic E-state index is 14.8. The van der Waals surface area contributed by atoms with Crippen LogP contribution in [-0.2, 0) is 0 Å². The first-order valence-electron chi connectivity index (χ1n) is 8.12. The average Bonchev–Trinajstić information content (AvgIpc) is 3.30. The van der Waals surface area contributed by atoms with Gasteiger partial charge >= 0.3 is 0 Å². The van der Waals surface area contributed by atoms with Gasteiger partial charge in [0.05, 0.1) is 31.6 Å². The number of nitrogens with zero attached hydrogens (tertiary/aromatic N) is 2. The van der Waals surface area contributed by atoms with Crippen LogP contribution in [-0.4, -0.2) is 9.97 Å². The van der Waals surface area contributed by atoms with Crippen molar-refractivity contribution < 1.29 is 17.6 Å². The number of rotatable bonds is 2. The Morgan fingerprint density at radius 2 is 0.893 bits per heavy atom. The van der Waals surface area contributed by atoms with Gasteiger partial charge < -0.3 is 0 Å². The molecule has 0 saturated heterocycles. The average molecular weight is 416 g/mol. The lowest BCUT2D eigenvalue weighted by Gasteiger charge is -2.08. The van der Waals surface area contributed by atoms with E-state index in [1.165, 1.54) is 0 Å². The molecule has 8 heteroatoms. The van der Waals surface area contributed by atoms with E-state index < -0.39 is 34.4 Å². The quantitative estimate of drug-likeness (QED) is 0.234. The second-order valence-electron chi connectivity index (χ2n) is 5.98. The third-order valence-electron chi connectivity index (χ3n) is 4.28. The first kappa shape index (κ1) is 17.3. The molecule has 2 nitrogen and oxygen atoms in total. The molecule has 0 aliphatic carbocycles. The zero-order valence-electron chi connectivity index (χ0n) is 13.8. The fourth-order valence-corrected chi connectivity index (χ4v) is 4.96. The largest absolute Gasteiger partial charge is 0.236 e. The van der Waals surface area contributed by atoms with Gasteiger partial charge in [0.2, 0.25) is 0 Å². The maximum atomic E-state index is 14.8. The Balaban J connectivity index is 1.75. The molecule has 0 saturated carbocycles. The lowest BCUT2D eigenvalue weighted by atomic mass is 10.1. The van der Waals surface area contributed by atoms with E-state index in [2.05, 4.69) is 9.97 Å². The Labute approximate surface area is 163 Å². The highest BCUT2D eigenvalue weighted by Crippen LogP contribution is 2.41. The molecule has 0 spiro atoms. The zero-order chi connectivity index (χ0) is 19.4. The summed E-state index contributed by atoms with van der Waals surface area (Å²) < 4.78 is 60.6. The Morgan fingerprint density at radius 1 is 0.536 bits per heavy atom. The first-order chi connectivity index (χ1) is 13.5. The van der Waals surface area contributed by atoms with E-state index in [9.17, 15) is 17.6 Å². The molecule has 0 aliphatic rings. The number of aromatic nitrogens is 2. The number of halogens is 4. The van der Waals surface area contributed by atoms with Crippen LogP contribution in [0.3, 0.4) is 0 Å². The van der Waals surface area contributed by atoms with Crippen molar-refractivity contribution in [1.29, 1.82) is 0 Å². The summed E-state index contributed by atoms with van der Waals surface area (Å²) in [6, 6.07) is 13.7. The second-order valence-corrected chi connectivity index (χ2v) is 8.04. The van der Waals surface area contributed by atoms with Crippen LogP contribution in [0.15, 0.2) is 48.5 Å². The number of hydrogen-bond acceptors (Lipinski definition) is 4. The van der Waals surface area contributed by atoms with Crippen LogP contribution in [0.25, 0.3) is 41.6 Å². The molecule has 5 rings (SSSR count). The van der Waals surface area contributed by atoms with E-state index >= 15 is 0 Å². The van der Waals surface area contributed by atoms with Crippen molar-refractivity contribution in [3.8, 4) is 21.1 Å². The molecule has 2 heterocycles. The van der Waals surface area contributed by atoms with E-state index in [4.69, 9.17) is 0 Å². The van der Waals surface area contributed by atoms with Crippen molar-refractivity contribution in [2.24, 2.45) is 0 Å². The molecule has 0 fully saturated rings. The number of thiazole rings is 2. The molecule has 0 radical (unpaired) electrons. The van der Waals surface area contributed by atoms with Crippen molar-refractivity contribution in [3.05, 3.63) is 71.8 Å². The van der Waals surface area contributed by atoms with Crippen LogP contribution >= 0.6 is 22.7 Å². The van der Waals surface area contributed by atoms with Crippen molar-refractivity contribution in [2.75, 3.05) is 0 Å². The SMILES string of the molecule is Fc1c(F)c(-c2nc3ccccc3s2)c(F)c(F)c1-c1nc2ccccc2s1. The smallest absolute Gasteiger partial charge is 0.172 e. The van der Waals surface area contributed by atoms with E-state index in [0.29, 0.717) is 20.4 Å². The van der Waals surface area contributed by atoms with Crippen LogP contribution in [0.2, 0.25) is 0 Å². The van der Waals surface area contributed by atoms with E-state index in [1.54, 1.807) is 48.5 Å². The second kappa shape index (κ2) is 6.35. The molecule has 0 aliphatic heterocycles. The summed E-state index contributed by atoms with van der Waals surface area (Å²) in [6.45, 7) is 0. The highest BCUT2D eigenvalue weighted by molar-refractivity contribution is 7.22. The minimum atomic E-state index is -1.48. The first-order valence-corrected chi connectivity index (χ1v) is 9.75. The van der Waals surface area contributed by atoms with Crippen LogP contribution in [0.5, 0.6) is 0 Å². The van der Waals surface area contributed by atoms with Gasteiger partial charge in [-0.05, 0) is 24.3 Å². The Bertz CT molecular complexity index is 1170. The maximum Gasteiger partial charge on any atom is 0.172 e. The molecule has 3 aromatic carbocycles. The van der Waals surface area contributed by atoms with Gasteiger partial charge in [-0.25, -0.2) is 27.5 Å². The van der Waals surface area contributed by atoms with Gasteiger partial charge in [0.15, 0.2) is 23.3 Å². The Morgan fingerprint density at radius 3 is 1.25 bits per heavy atom. The monoisotopic (exact) mass is 416 g/mol. The van der Waals surface area contributed by atoms with Gasteiger partial charge in [-0.1, -0.05) is 24.3 Å². The molecule has 28 heavy (non-hydrogen) atoms. The standard InChI is InChI=1S/C20H8F4N2S2/c21-15-13(19-25-9-5-1-3-7-11(9)27-19)16(22)18(24)14(17(15)23)20-26-10-6-2-4-8-12(10)28-20/h1-8H. The van der Waals surface area contributed by atoms with Crippen LogP contribution in [0.4, 0.5) is 17.6 Å². The van der Waals surface area contributed by atoms with E-state index in [0.717, 1.165) is 22.7 Å². The highest BCUT2D eigenvalue weighted by Gasteiger charge is 2.30. The van der Waals surface area contributed by atoms with Gasteiger partial charge in [-0.15, -0.1) is 22.7 Å². The summed E-state index contributed by atoms with van der Waals surface area (Å²) in [5, 5.41) is -0.241. The summed E-state index contributed by atoms with van der Waals surface area (Å²) in [4.78, 5) is 8.23. The topological polar surface area (TPSA) is 25.8 Å². The molecule has 0 unspecified atom stereocenters. The van der Waals surface area contributed by atoms with Gasteiger partial charge in [0.25, 0.3) is 0 Å². The summed E-state index contributed by atoms with van der Waals surface area (Å²) in [7, 11) is 0. The van der Waals surface area contributed by atoms with Crippen LogP contribution < -0.4 is 0 Å². The summed E-state index contributed by atoms with van der Waals surface area (Å²) in [5.41, 5.74) is -0.614.